The van der Waals surface area contributed by atoms with Crippen molar-refractivity contribution in [2.75, 3.05) is 31.1 Å². The van der Waals surface area contributed by atoms with Gasteiger partial charge in [0.05, 0.1) is 11.6 Å². The van der Waals surface area contributed by atoms with E-state index in [1.807, 2.05) is 35.3 Å². The first-order valence-electron chi connectivity index (χ1n) is 11.5. The Hall–Kier alpha value is -2.86. The average molecular weight is 418 g/mol. The molecule has 2 aliphatic rings. The van der Waals surface area contributed by atoms with Crippen LogP contribution in [0, 0.1) is 0 Å². The standard InChI is InChI=1S/C25H31N5O/c1-28-15-10-21-9-14-27-24(23(21)28)30(22-8-5-13-26-18-22)25(31)29-16-11-20(12-17-29)19-6-3-2-4-7-19/h2-4,6-7,9-10,14-15,20,22,26H,5,8,11-13,16-18H2,1H3/t22-/m1/s1. The highest BCUT2D eigenvalue weighted by molar-refractivity contribution is 6.00. The number of hydrogen-bond donors (Lipinski definition) is 1. The third-order valence-corrected chi connectivity index (χ3v) is 6.87. The second-order valence-electron chi connectivity index (χ2n) is 8.82. The van der Waals surface area contributed by atoms with Gasteiger partial charge in [-0.25, -0.2) is 9.78 Å². The molecule has 0 saturated carbocycles. The number of urea groups is 1. The number of aryl methyl sites for hydroxylation is 1. The summed E-state index contributed by atoms with van der Waals surface area (Å²) in [6, 6.07) is 15.0. The molecule has 1 N–H and O–H groups in total. The summed E-state index contributed by atoms with van der Waals surface area (Å²) < 4.78 is 2.08. The Morgan fingerprint density at radius 3 is 2.65 bits per heavy atom. The number of nitrogens with one attached hydrogen (secondary N) is 1. The summed E-state index contributed by atoms with van der Waals surface area (Å²) in [5.41, 5.74) is 2.42. The SMILES string of the molecule is Cn1ccc2ccnc(N(C(=O)N3CCC(c4ccccc4)CC3)[C@@H]3CCCNC3)c21. The Balaban J connectivity index is 1.42. The van der Waals surface area contributed by atoms with Crippen LogP contribution in [0.4, 0.5) is 10.6 Å². The monoisotopic (exact) mass is 417 g/mol. The van der Waals surface area contributed by atoms with Crippen LogP contribution in [0.25, 0.3) is 10.9 Å². The molecule has 0 aliphatic carbocycles. The van der Waals surface area contributed by atoms with Crippen LogP contribution in [0.15, 0.2) is 54.9 Å². The quantitative estimate of drug-likeness (QED) is 0.697. The summed E-state index contributed by atoms with van der Waals surface area (Å²) in [4.78, 5) is 22.6. The van der Waals surface area contributed by atoms with Crippen LogP contribution < -0.4 is 10.2 Å². The average Bonchev–Trinajstić information content (AvgIpc) is 3.22. The fraction of sp³-hybridized carbons (Fsp3) is 0.440. The molecule has 0 spiro atoms. The molecule has 6 nitrogen and oxygen atoms in total. The maximum Gasteiger partial charge on any atom is 0.326 e. The lowest BCUT2D eigenvalue weighted by Crippen LogP contribution is -2.55. The van der Waals surface area contributed by atoms with Gasteiger partial charge in [0.2, 0.25) is 0 Å². The highest BCUT2D eigenvalue weighted by atomic mass is 16.2. The number of likely N-dealkylation sites (tertiary alicyclic amines) is 1. The van der Waals surface area contributed by atoms with E-state index < -0.39 is 0 Å². The van der Waals surface area contributed by atoms with Crippen molar-refractivity contribution in [1.29, 1.82) is 0 Å². The number of piperidine rings is 2. The van der Waals surface area contributed by atoms with Crippen molar-refractivity contribution in [2.24, 2.45) is 7.05 Å². The van der Waals surface area contributed by atoms with E-state index in [0.29, 0.717) is 5.92 Å². The molecule has 0 bridgehead atoms. The van der Waals surface area contributed by atoms with Gasteiger partial charge in [-0.2, -0.15) is 0 Å². The van der Waals surface area contributed by atoms with Crippen molar-refractivity contribution in [1.82, 2.24) is 19.8 Å². The molecule has 1 atom stereocenters. The Morgan fingerprint density at radius 1 is 1.10 bits per heavy atom. The van der Waals surface area contributed by atoms with Crippen LogP contribution in [0.1, 0.15) is 37.2 Å². The van der Waals surface area contributed by atoms with Crippen molar-refractivity contribution in [3.63, 3.8) is 0 Å². The van der Waals surface area contributed by atoms with Crippen LogP contribution in [-0.4, -0.2) is 52.7 Å². The first kappa shape index (κ1) is 20.1. The van der Waals surface area contributed by atoms with Crippen LogP contribution >= 0.6 is 0 Å². The highest BCUT2D eigenvalue weighted by Gasteiger charge is 2.34. The minimum Gasteiger partial charge on any atom is -0.348 e. The van der Waals surface area contributed by atoms with Crippen LogP contribution in [0.5, 0.6) is 0 Å². The van der Waals surface area contributed by atoms with E-state index in [2.05, 4.69) is 46.3 Å². The number of carbonyl (C=O) groups is 1. The molecule has 162 valence electrons. The van der Waals surface area contributed by atoms with Gasteiger partial charge in [-0.3, -0.25) is 4.90 Å². The van der Waals surface area contributed by atoms with Crippen molar-refractivity contribution in [2.45, 2.75) is 37.6 Å². The number of fused-ring (bicyclic) bond motifs is 1. The minimum atomic E-state index is 0.0985. The van der Waals surface area contributed by atoms with Gasteiger partial charge in [0.1, 0.15) is 0 Å². The Morgan fingerprint density at radius 2 is 1.90 bits per heavy atom. The van der Waals surface area contributed by atoms with Gasteiger partial charge in [-0.15, -0.1) is 0 Å². The number of rotatable bonds is 3. The van der Waals surface area contributed by atoms with Crippen LogP contribution in [-0.2, 0) is 7.05 Å². The van der Waals surface area contributed by atoms with Crippen molar-refractivity contribution in [3.05, 3.63) is 60.4 Å². The third-order valence-electron chi connectivity index (χ3n) is 6.87. The summed E-state index contributed by atoms with van der Waals surface area (Å²) >= 11 is 0. The number of nitrogens with zero attached hydrogens (tertiary/aromatic N) is 4. The Kier molecular flexibility index (Phi) is 5.64. The van der Waals surface area contributed by atoms with Gasteiger partial charge in [0.25, 0.3) is 0 Å². The molecule has 0 radical (unpaired) electrons. The van der Waals surface area contributed by atoms with Crippen molar-refractivity contribution in [3.8, 4) is 0 Å². The summed E-state index contributed by atoms with van der Waals surface area (Å²) in [7, 11) is 2.03. The molecule has 2 aromatic heterocycles. The van der Waals surface area contributed by atoms with E-state index in [1.54, 1.807) is 0 Å². The summed E-state index contributed by atoms with van der Waals surface area (Å²) in [5, 5.41) is 4.60. The van der Waals surface area contributed by atoms with E-state index in [1.165, 1.54) is 5.56 Å². The molecule has 2 aliphatic heterocycles. The molecule has 2 amide bonds. The topological polar surface area (TPSA) is 53.4 Å². The van der Waals surface area contributed by atoms with Crippen molar-refractivity contribution >= 4 is 22.8 Å². The number of amides is 2. The fourth-order valence-electron chi connectivity index (χ4n) is 5.15. The zero-order valence-corrected chi connectivity index (χ0v) is 18.2. The number of benzene rings is 1. The molecule has 5 rings (SSSR count). The lowest BCUT2D eigenvalue weighted by atomic mass is 9.89. The van der Waals surface area contributed by atoms with Gasteiger partial charge in [-0.05, 0) is 55.8 Å². The van der Waals surface area contributed by atoms with Crippen molar-refractivity contribution < 1.29 is 4.79 Å². The van der Waals surface area contributed by atoms with Crippen LogP contribution in [0.3, 0.4) is 0 Å². The smallest absolute Gasteiger partial charge is 0.326 e. The predicted octanol–water partition coefficient (Wildman–Crippen LogP) is 4.13. The molecule has 2 fully saturated rings. The van der Waals surface area contributed by atoms with E-state index >= 15 is 0 Å². The summed E-state index contributed by atoms with van der Waals surface area (Å²) in [6.45, 7) is 3.41. The van der Waals surface area contributed by atoms with E-state index in [9.17, 15) is 4.79 Å². The maximum absolute atomic E-state index is 13.9. The minimum absolute atomic E-state index is 0.0985. The molecular formula is C25H31N5O. The summed E-state index contributed by atoms with van der Waals surface area (Å²) in [5.74, 6) is 1.32. The maximum atomic E-state index is 13.9. The molecule has 3 aromatic rings. The first-order valence-corrected chi connectivity index (χ1v) is 11.5. The number of carbonyl (C=O) groups excluding carboxylic acids is 1. The van der Waals surface area contributed by atoms with Gasteiger partial charge >= 0.3 is 6.03 Å². The largest absolute Gasteiger partial charge is 0.348 e. The molecule has 1 aromatic carbocycles. The molecule has 2 saturated heterocycles. The van der Waals surface area contributed by atoms with Crippen LogP contribution in [0.2, 0.25) is 0 Å². The zero-order chi connectivity index (χ0) is 21.2. The van der Waals surface area contributed by atoms with Gasteiger partial charge < -0.3 is 14.8 Å². The Bertz CT molecular complexity index is 1030. The summed E-state index contributed by atoms with van der Waals surface area (Å²) in [6.07, 6.45) is 7.97. The molecular weight excluding hydrogens is 386 g/mol. The normalized spacial score (nSPS) is 20.2. The molecule has 6 heteroatoms. The number of anilines is 1. The Labute approximate surface area is 183 Å². The number of pyridine rings is 1. The number of hydrogen-bond acceptors (Lipinski definition) is 3. The third kappa shape index (κ3) is 3.92. The lowest BCUT2D eigenvalue weighted by Gasteiger charge is -2.40. The molecule has 0 unspecified atom stereocenters. The van der Waals surface area contributed by atoms with Gasteiger partial charge in [0.15, 0.2) is 5.82 Å². The van der Waals surface area contributed by atoms with E-state index in [0.717, 1.165) is 68.6 Å². The molecule has 31 heavy (non-hydrogen) atoms. The second-order valence-corrected chi connectivity index (χ2v) is 8.82. The predicted molar refractivity (Wildman–Crippen MR) is 124 cm³/mol. The fourth-order valence-corrected chi connectivity index (χ4v) is 5.15. The van der Waals surface area contributed by atoms with E-state index in [4.69, 9.17) is 4.98 Å². The number of aromatic nitrogens is 2. The van der Waals surface area contributed by atoms with Gasteiger partial charge in [-0.1, -0.05) is 30.3 Å². The first-order chi connectivity index (χ1) is 15.2. The van der Waals surface area contributed by atoms with Gasteiger partial charge in [0, 0.05) is 44.5 Å². The second kappa shape index (κ2) is 8.71. The highest BCUT2D eigenvalue weighted by Crippen LogP contribution is 2.32. The lowest BCUT2D eigenvalue weighted by molar-refractivity contribution is 0.183. The van der Waals surface area contributed by atoms with E-state index in [-0.39, 0.29) is 12.1 Å². The zero-order valence-electron chi connectivity index (χ0n) is 18.2. The molecule has 4 heterocycles.